The average Bonchev–Trinajstić information content (AvgIpc) is 3.27. The monoisotopic (exact) mass is 510 g/mol. The van der Waals surface area contributed by atoms with E-state index >= 15 is 0 Å². The number of esters is 1. The molecular weight excluding hydrogens is 468 g/mol. The first kappa shape index (κ1) is 28.2. The van der Waals surface area contributed by atoms with E-state index in [0.29, 0.717) is 31.6 Å². The van der Waals surface area contributed by atoms with E-state index in [0.717, 1.165) is 66.9 Å². The van der Waals surface area contributed by atoms with Crippen LogP contribution in [0.15, 0.2) is 30.6 Å². The van der Waals surface area contributed by atoms with E-state index in [9.17, 15) is 4.79 Å². The third-order valence-electron chi connectivity index (χ3n) is 6.26. The minimum atomic E-state index is -0.109. The number of fused-ring (bicyclic) bond motifs is 1. The Morgan fingerprint density at radius 3 is 2.54 bits per heavy atom. The van der Waals surface area contributed by atoms with Crippen LogP contribution >= 0.6 is 0 Å². The van der Waals surface area contributed by atoms with Crippen molar-refractivity contribution in [2.75, 3.05) is 23.8 Å². The lowest BCUT2D eigenvalue weighted by molar-refractivity contribution is -0.143. The second-order valence-electron chi connectivity index (χ2n) is 9.28. The van der Waals surface area contributed by atoms with Crippen LogP contribution in [0.4, 0.5) is 17.5 Å². The van der Waals surface area contributed by atoms with Gasteiger partial charge in [-0.05, 0) is 56.9 Å². The average molecular weight is 511 g/mol. The number of aromatic nitrogens is 4. The smallest absolute Gasteiger partial charge is 0.305 e. The van der Waals surface area contributed by atoms with E-state index in [1.807, 2.05) is 42.8 Å². The minimum Gasteiger partial charge on any atom is -0.494 e. The lowest BCUT2D eigenvalue weighted by Gasteiger charge is -2.18. The Kier molecular flexibility index (Phi) is 11.5. The third-order valence-corrected chi connectivity index (χ3v) is 6.26. The highest BCUT2D eigenvalue weighted by Gasteiger charge is 2.15. The predicted molar refractivity (Wildman–Crippen MR) is 148 cm³/mol. The molecule has 1 aromatic carbocycles. The normalized spacial score (nSPS) is 11.9. The zero-order valence-corrected chi connectivity index (χ0v) is 22.8. The first-order valence-electron chi connectivity index (χ1n) is 13.6. The van der Waals surface area contributed by atoms with Crippen LogP contribution in [0.25, 0.3) is 11.2 Å². The molecule has 2 aromatic heterocycles. The summed E-state index contributed by atoms with van der Waals surface area (Å²) in [6.45, 7) is 7.34. The Hall–Kier alpha value is -3.36. The highest BCUT2D eigenvalue weighted by Crippen LogP contribution is 2.25. The molecule has 0 saturated carbocycles. The Morgan fingerprint density at radius 2 is 1.81 bits per heavy atom. The molecule has 9 heteroatoms. The van der Waals surface area contributed by atoms with E-state index in [1.165, 1.54) is 12.8 Å². The summed E-state index contributed by atoms with van der Waals surface area (Å²) in [5.74, 6) is 2.01. The summed E-state index contributed by atoms with van der Waals surface area (Å²) < 4.78 is 12.7. The molecule has 0 bridgehead atoms. The number of benzene rings is 1. The third kappa shape index (κ3) is 8.91. The number of imidazole rings is 1. The van der Waals surface area contributed by atoms with Crippen molar-refractivity contribution in [1.29, 1.82) is 0 Å². The topological polar surface area (TPSA) is 103 Å². The van der Waals surface area contributed by atoms with Crippen molar-refractivity contribution in [3.8, 4) is 5.75 Å². The number of hydrogen-bond donors (Lipinski definition) is 2. The Bertz CT molecular complexity index is 1100. The van der Waals surface area contributed by atoms with Crippen LogP contribution in [0.1, 0.15) is 78.6 Å². The van der Waals surface area contributed by atoms with Crippen molar-refractivity contribution in [2.45, 2.75) is 84.6 Å². The summed E-state index contributed by atoms with van der Waals surface area (Å²) in [5.41, 5.74) is 2.46. The molecule has 0 aliphatic carbocycles. The van der Waals surface area contributed by atoms with Gasteiger partial charge in [0.15, 0.2) is 17.0 Å². The maximum Gasteiger partial charge on any atom is 0.305 e. The van der Waals surface area contributed by atoms with E-state index < -0.39 is 0 Å². The number of hydrogen-bond acceptors (Lipinski definition) is 8. The number of anilines is 3. The zero-order chi connectivity index (χ0) is 26.5. The lowest BCUT2D eigenvalue weighted by Crippen LogP contribution is -2.20. The van der Waals surface area contributed by atoms with Gasteiger partial charge in [0.1, 0.15) is 5.75 Å². The van der Waals surface area contributed by atoms with Gasteiger partial charge < -0.3 is 24.7 Å². The number of rotatable bonds is 17. The molecule has 0 aliphatic heterocycles. The van der Waals surface area contributed by atoms with Crippen LogP contribution < -0.4 is 15.4 Å². The quantitative estimate of drug-likeness (QED) is 0.159. The van der Waals surface area contributed by atoms with Crippen molar-refractivity contribution < 1.29 is 14.3 Å². The molecule has 0 spiro atoms. The standard InChI is InChI=1S/C28H42N6O3/c1-5-8-13-21(6-2)30-26-25-27(34(4)20-29-25)33-28(32-26)31-22-15-17-23(18-16-22)37-19-12-10-9-11-14-24(35)36-7-3/h15-18,20-21H,5-14,19H2,1-4H3,(H2,30,31,32,33). The molecule has 0 amide bonds. The van der Waals surface area contributed by atoms with Gasteiger partial charge >= 0.3 is 5.97 Å². The molecule has 0 aliphatic rings. The summed E-state index contributed by atoms with van der Waals surface area (Å²) in [7, 11) is 1.94. The van der Waals surface area contributed by atoms with Crippen molar-refractivity contribution in [2.24, 2.45) is 7.05 Å². The van der Waals surface area contributed by atoms with Crippen LogP contribution in [0.2, 0.25) is 0 Å². The van der Waals surface area contributed by atoms with Gasteiger partial charge in [-0.25, -0.2) is 4.98 Å². The van der Waals surface area contributed by atoms with Gasteiger partial charge in [-0.3, -0.25) is 4.79 Å². The fourth-order valence-electron chi connectivity index (χ4n) is 4.10. The molecular formula is C28H42N6O3. The highest BCUT2D eigenvalue weighted by molar-refractivity contribution is 5.84. The molecule has 202 valence electrons. The molecule has 2 heterocycles. The van der Waals surface area contributed by atoms with Crippen LogP contribution in [0.3, 0.4) is 0 Å². The van der Waals surface area contributed by atoms with Gasteiger partial charge in [-0.1, -0.05) is 39.5 Å². The second-order valence-corrected chi connectivity index (χ2v) is 9.28. The number of nitrogens with one attached hydrogen (secondary N) is 2. The molecule has 3 aromatic rings. The molecule has 3 rings (SSSR count). The molecule has 0 radical (unpaired) electrons. The Labute approximate surface area is 220 Å². The van der Waals surface area contributed by atoms with Gasteiger partial charge in [0.05, 0.1) is 19.5 Å². The Morgan fingerprint density at radius 1 is 1.03 bits per heavy atom. The number of nitrogens with zero attached hydrogens (tertiary/aromatic N) is 4. The maximum atomic E-state index is 11.4. The summed E-state index contributed by atoms with van der Waals surface area (Å²) >= 11 is 0. The fourth-order valence-corrected chi connectivity index (χ4v) is 4.10. The van der Waals surface area contributed by atoms with Crippen LogP contribution in [0.5, 0.6) is 5.75 Å². The van der Waals surface area contributed by atoms with Gasteiger partial charge in [0.2, 0.25) is 5.95 Å². The van der Waals surface area contributed by atoms with Crippen molar-refractivity contribution in [3.63, 3.8) is 0 Å². The number of aryl methyl sites for hydroxylation is 1. The summed E-state index contributed by atoms with van der Waals surface area (Å²) in [5, 5.41) is 6.92. The molecule has 0 fully saturated rings. The molecule has 2 N–H and O–H groups in total. The SMILES string of the molecule is CCCCC(CC)Nc1nc(Nc2ccc(OCCCCCCC(=O)OCC)cc2)nc2c1ncn2C. The Balaban J connectivity index is 1.53. The van der Waals surface area contributed by atoms with Crippen LogP contribution in [-0.4, -0.2) is 44.7 Å². The maximum absolute atomic E-state index is 11.4. The second kappa shape index (κ2) is 15.0. The van der Waals surface area contributed by atoms with E-state index in [2.05, 4.69) is 29.5 Å². The predicted octanol–water partition coefficient (Wildman–Crippen LogP) is 6.38. The van der Waals surface area contributed by atoms with Crippen molar-refractivity contribution >= 4 is 34.6 Å². The van der Waals surface area contributed by atoms with Gasteiger partial charge in [0, 0.05) is 25.2 Å². The first-order chi connectivity index (χ1) is 18.0. The number of carbonyl (C=O) groups is 1. The van der Waals surface area contributed by atoms with Gasteiger partial charge in [-0.15, -0.1) is 0 Å². The number of unbranched alkanes of at least 4 members (excludes halogenated alkanes) is 4. The number of ether oxygens (including phenoxy) is 2. The molecule has 37 heavy (non-hydrogen) atoms. The summed E-state index contributed by atoms with van der Waals surface area (Å²) in [6, 6.07) is 8.18. The molecule has 1 unspecified atom stereocenters. The summed E-state index contributed by atoms with van der Waals surface area (Å²) in [6.07, 6.45) is 10.6. The van der Waals surface area contributed by atoms with E-state index in [1.54, 1.807) is 6.33 Å². The minimum absolute atomic E-state index is 0.109. The fraction of sp³-hybridized carbons (Fsp3) is 0.571. The van der Waals surface area contributed by atoms with Crippen molar-refractivity contribution in [3.05, 3.63) is 30.6 Å². The zero-order valence-electron chi connectivity index (χ0n) is 22.8. The van der Waals surface area contributed by atoms with Gasteiger partial charge in [0.25, 0.3) is 0 Å². The largest absolute Gasteiger partial charge is 0.494 e. The van der Waals surface area contributed by atoms with E-state index in [-0.39, 0.29) is 5.97 Å². The summed E-state index contributed by atoms with van der Waals surface area (Å²) in [4.78, 5) is 25.3. The number of carbonyl (C=O) groups excluding carboxylic acids is 1. The van der Waals surface area contributed by atoms with Crippen molar-refractivity contribution in [1.82, 2.24) is 19.5 Å². The van der Waals surface area contributed by atoms with Gasteiger partial charge in [-0.2, -0.15) is 9.97 Å². The van der Waals surface area contributed by atoms with Crippen LogP contribution in [0, 0.1) is 0 Å². The van der Waals surface area contributed by atoms with Crippen LogP contribution in [-0.2, 0) is 16.6 Å². The lowest BCUT2D eigenvalue weighted by atomic mass is 10.1. The molecule has 0 saturated heterocycles. The van der Waals surface area contributed by atoms with E-state index in [4.69, 9.17) is 19.4 Å². The highest BCUT2D eigenvalue weighted by atomic mass is 16.5. The molecule has 9 nitrogen and oxygen atoms in total. The molecule has 1 atom stereocenters. The first-order valence-corrected chi connectivity index (χ1v) is 13.6.